The summed E-state index contributed by atoms with van der Waals surface area (Å²) in [6.07, 6.45) is 5.83. The van der Waals surface area contributed by atoms with Crippen LogP contribution in [0.4, 0.5) is 0 Å². The van der Waals surface area contributed by atoms with Gasteiger partial charge in [-0.05, 0) is 25.2 Å². The van der Waals surface area contributed by atoms with E-state index in [2.05, 4.69) is 24.3 Å². The highest BCUT2D eigenvalue weighted by molar-refractivity contribution is 6.07. The fourth-order valence-electron chi connectivity index (χ4n) is 2.66. The summed E-state index contributed by atoms with van der Waals surface area (Å²) in [5.41, 5.74) is 4.90. The fraction of sp³-hybridized carbons (Fsp3) is 0.846. The molecule has 0 spiro atoms. The van der Waals surface area contributed by atoms with Crippen molar-refractivity contribution in [2.45, 2.75) is 52.4 Å². The van der Waals surface area contributed by atoms with Gasteiger partial charge >= 0.3 is 0 Å². The first-order valence-electron chi connectivity index (χ1n) is 6.83. The van der Waals surface area contributed by atoms with Crippen LogP contribution in [0.1, 0.15) is 52.4 Å². The lowest BCUT2D eigenvalue weighted by molar-refractivity contribution is -0.133. The van der Waals surface area contributed by atoms with Crippen molar-refractivity contribution in [3.8, 4) is 0 Å². The van der Waals surface area contributed by atoms with Crippen LogP contribution in [-0.4, -0.2) is 23.5 Å². The molecule has 0 aliphatic heterocycles. The molecule has 0 unspecified atom stereocenters. The van der Waals surface area contributed by atoms with Crippen molar-refractivity contribution in [3.05, 3.63) is 0 Å². The maximum atomic E-state index is 12.1. The number of unbranched alkanes of at least 4 members (excludes halogenated alkanes) is 3. The first-order valence-corrected chi connectivity index (χ1v) is 6.83. The van der Waals surface area contributed by atoms with Gasteiger partial charge in [-0.1, -0.05) is 38.3 Å². The number of carbonyl (C=O) groups excluding carboxylic acids is 1. The molecule has 1 aliphatic carbocycles. The zero-order valence-electron chi connectivity index (χ0n) is 11.4. The van der Waals surface area contributed by atoms with E-state index in [-0.39, 0.29) is 11.7 Å². The maximum Gasteiger partial charge on any atom is 0.233 e. The number of nitrogens with one attached hydrogen (secondary N) is 1. The van der Waals surface area contributed by atoms with Gasteiger partial charge in [-0.15, -0.1) is 0 Å². The Bertz CT molecular complexity index is 309. The minimum Gasteiger partial charge on any atom is -0.409 e. The molecule has 1 rings (SSSR count). The monoisotopic (exact) mass is 255 g/mol. The topological polar surface area (TPSA) is 87.7 Å². The fourth-order valence-corrected chi connectivity index (χ4v) is 2.66. The van der Waals surface area contributed by atoms with Gasteiger partial charge in [0.25, 0.3) is 0 Å². The van der Waals surface area contributed by atoms with E-state index >= 15 is 0 Å². The van der Waals surface area contributed by atoms with Crippen molar-refractivity contribution in [1.29, 1.82) is 0 Å². The lowest BCUT2D eigenvalue weighted by Crippen LogP contribution is -2.56. The average Bonchev–Trinajstić information content (AvgIpc) is 2.33. The SMILES string of the molecule is CCCCCCNC(=O)C1(C(N)=NO)CC(C)C1. The molecule has 5 heteroatoms. The number of amidine groups is 1. The van der Waals surface area contributed by atoms with E-state index in [1.807, 2.05) is 0 Å². The first kappa shape index (κ1) is 14.8. The number of nitrogens with zero attached hydrogens (tertiary/aromatic N) is 1. The third kappa shape index (κ3) is 3.15. The summed E-state index contributed by atoms with van der Waals surface area (Å²) >= 11 is 0. The number of hydrogen-bond acceptors (Lipinski definition) is 3. The Morgan fingerprint density at radius 1 is 1.44 bits per heavy atom. The molecule has 0 saturated heterocycles. The van der Waals surface area contributed by atoms with Crippen LogP contribution < -0.4 is 11.1 Å². The first-order chi connectivity index (χ1) is 8.56. The molecule has 1 fully saturated rings. The molecule has 4 N–H and O–H groups in total. The van der Waals surface area contributed by atoms with Crippen LogP contribution in [-0.2, 0) is 4.79 Å². The Kier molecular flexibility index (Phi) is 5.44. The molecule has 18 heavy (non-hydrogen) atoms. The Morgan fingerprint density at radius 2 is 2.11 bits per heavy atom. The van der Waals surface area contributed by atoms with Gasteiger partial charge in [0, 0.05) is 6.54 Å². The van der Waals surface area contributed by atoms with Crippen LogP contribution in [0, 0.1) is 11.3 Å². The van der Waals surface area contributed by atoms with Gasteiger partial charge in [-0.3, -0.25) is 4.79 Å². The number of hydrogen-bond donors (Lipinski definition) is 3. The maximum absolute atomic E-state index is 12.1. The molecule has 0 aromatic heterocycles. The van der Waals surface area contributed by atoms with E-state index in [1.54, 1.807) is 0 Å². The number of oxime groups is 1. The van der Waals surface area contributed by atoms with Crippen LogP contribution in [0.15, 0.2) is 5.16 Å². The van der Waals surface area contributed by atoms with Gasteiger partial charge in [0.1, 0.15) is 5.41 Å². The minimum atomic E-state index is -0.765. The van der Waals surface area contributed by atoms with Gasteiger partial charge in [-0.25, -0.2) is 0 Å². The molecule has 0 bridgehead atoms. The highest BCUT2D eigenvalue weighted by atomic mass is 16.4. The Hall–Kier alpha value is -1.26. The van der Waals surface area contributed by atoms with Crippen LogP contribution in [0.25, 0.3) is 0 Å². The number of rotatable bonds is 7. The molecule has 104 valence electrons. The third-order valence-electron chi connectivity index (χ3n) is 3.74. The summed E-state index contributed by atoms with van der Waals surface area (Å²) in [5, 5.41) is 14.7. The quantitative estimate of drug-likeness (QED) is 0.213. The highest BCUT2D eigenvalue weighted by Crippen LogP contribution is 2.45. The lowest BCUT2D eigenvalue weighted by atomic mass is 9.61. The molecule has 1 aliphatic rings. The van der Waals surface area contributed by atoms with Gasteiger partial charge in [0.2, 0.25) is 5.91 Å². The summed E-state index contributed by atoms with van der Waals surface area (Å²) in [5.74, 6) is 0.412. The summed E-state index contributed by atoms with van der Waals surface area (Å²) in [6.45, 7) is 4.90. The number of nitrogens with two attached hydrogens (primary N) is 1. The molecule has 0 aromatic rings. The van der Waals surface area contributed by atoms with Crippen LogP contribution in [0.2, 0.25) is 0 Å². The number of carbonyl (C=O) groups is 1. The summed E-state index contributed by atoms with van der Waals surface area (Å²) in [6, 6.07) is 0. The van der Waals surface area contributed by atoms with E-state index in [9.17, 15) is 4.79 Å². The van der Waals surface area contributed by atoms with E-state index < -0.39 is 5.41 Å². The second-order valence-electron chi connectivity index (χ2n) is 5.40. The molecule has 0 radical (unpaired) electrons. The predicted molar refractivity (Wildman–Crippen MR) is 71.4 cm³/mol. The van der Waals surface area contributed by atoms with E-state index in [0.29, 0.717) is 25.3 Å². The van der Waals surface area contributed by atoms with Gasteiger partial charge in [0.05, 0.1) is 0 Å². The lowest BCUT2D eigenvalue weighted by Gasteiger charge is -2.43. The molecule has 0 aromatic carbocycles. The molecule has 0 atom stereocenters. The molecule has 0 heterocycles. The molecular weight excluding hydrogens is 230 g/mol. The van der Waals surface area contributed by atoms with Gasteiger partial charge in [-0.2, -0.15) is 0 Å². The molecule has 1 amide bonds. The highest BCUT2D eigenvalue weighted by Gasteiger charge is 2.51. The average molecular weight is 255 g/mol. The van der Waals surface area contributed by atoms with Crippen LogP contribution >= 0.6 is 0 Å². The van der Waals surface area contributed by atoms with Crippen molar-refractivity contribution in [3.63, 3.8) is 0 Å². The van der Waals surface area contributed by atoms with Crippen LogP contribution in [0.5, 0.6) is 0 Å². The second kappa shape index (κ2) is 6.61. The van der Waals surface area contributed by atoms with Gasteiger partial charge < -0.3 is 16.3 Å². The Morgan fingerprint density at radius 3 is 2.61 bits per heavy atom. The van der Waals surface area contributed by atoms with E-state index in [0.717, 1.165) is 12.8 Å². The molecular formula is C13H25N3O2. The Labute approximate surface area is 109 Å². The minimum absolute atomic E-state index is 0.0478. The Balaban J connectivity index is 2.43. The summed E-state index contributed by atoms with van der Waals surface area (Å²) in [7, 11) is 0. The smallest absolute Gasteiger partial charge is 0.233 e. The third-order valence-corrected chi connectivity index (χ3v) is 3.74. The largest absolute Gasteiger partial charge is 0.409 e. The zero-order valence-corrected chi connectivity index (χ0v) is 11.4. The van der Waals surface area contributed by atoms with E-state index in [1.165, 1.54) is 12.8 Å². The molecule has 5 nitrogen and oxygen atoms in total. The normalized spacial score (nSPS) is 27.7. The van der Waals surface area contributed by atoms with Crippen molar-refractivity contribution < 1.29 is 10.0 Å². The van der Waals surface area contributed by atoms with Crippen molar-refractivity contribution >= 4 is 11.7 Å². The molecule has 1 saturated carbocycles. The number of amides is 1. The van der Waals surface area contributed by atoms with Crippen LogP contribution in [0.3, 0.4) is 0 Å². The van der Waals surface area contributed by atoms with Gasteiger partial charge in [0.15, 0.2) is 5.84 Å². The summed E-state index contributed by atoms with van der Waals surface area (Å²) in [4.78, 5) is 12.1. The standard InChI is InChI=1S/C13H25N3O2/c1-3-4-5-6-7-15-12(17)13(11(14)16-18)8-10(2)9-13/h10,18H,3-9H2,1-2H3,(H2,14,16)(H,15,17). The van der Waals surface area contributed by atoms with Crippen molar-refractivity contribution in [2.24, 2.45) is 22.2 Å². The van der Waals surface area contributed by atoms with Crippen molar-refractivity contribution in [1.82, 2.24) is 5.32 Å². The predicted octanol–water partition coefficient (Wildman–Crippen LogP) is 1.85. The van der Waals surface area contributed by atoms with E-state index in [4.69, 9.17) is 10.9 Å². The summed E-state index contributed by atoms with van der Waals surface area (Å²) < 4.78 is 0. The van der Waals surface area contributed by atoms with Crippen molar-refractivity contribution in [2.75, 3.05) is 6.54 Å². The second-order valence-corrected chi connectivity index (χ2v) is 5.40. The zero-order chi connectivity index (χ0) is 13.6.